The first-order valence-corrected chi connectivity index (χ1v) is 5.32. The van der Waals surface area contributed by atoms with Crippen LogP contribution in [0.25, 0.3) is 0 Å². The van der Waals surface area contributed by atoms with Crippen LogP contribution in [0.1, 0.15) is 17.2 Å². The highest BCUT2D eigenvalue weighted by Gasteiger charge is 2.13. The molecule has 0 aliphatic rings. The molecule has 7 N–H and O–H groups in total. The van der Waals surface area contributed by atoms with E-state index in [9.17, 15) is 15.3 Å². The van der Waals surface area contributed by atoms with E-state index in [4.69, 9.17) is 11.5 Å². The highest BCUT2D eigenvalue weighted by atomic mass is 16.3. The number of anilines is 2. The lowest BCUT2D eigenvalue weighted by atomic mass is 10.00. The van der Waals surface area contributed by atoms with Crippen LogP contribution in [-0.2, 0) is 0 Å². The fourth-order valence-electron chi connectivity index (χ4n) is 1.83. The van der Waals surface area contributed by atoms with Crippen molar-refractivity contribution in [3.8, 4) is 11.5 Å². The largest absolute Gasteiger partial charge is 0.508 e. The average Bonchev–Trinajstić information content (AvgIpc) is 2.25. The Morgan fingerprint density at radius 2 is 1.11 bits per heavy atom. The molecule has 0 aliphatic heterocycles. The number of nitrogens with two attached hydrogens (primary N) is 2. The molecule has 0 fully saturated rings. The van der Waals surface area contributed by atoms with Gasteiger partial charge in [-0.15, -0.1) is 0 Å². The van der Waals surface area contributed by atoms with E-state index in [2.05, 4.69) is 0 Å². The number of aliphatic hydroxyl groups is 1. The summed E-state index contributed by atoms with van der Waals surface area (Å²) < 4.78 is 0. The second-order valence-electron chi connectivity index (χ2n) is 4.12. The van der Waals surface area contributed by atoms with Gasteiger partial charge in [0.1, 0.15) is 17.6 Å². The summed E-state index contributed by atoms with van der Waals surface area (Å²) in [4.78, 5) is 0. The van der Waals surface area contributed by atoms with Crippen LogP contribution < -0.4 is 11.5 Å². The Labute approximate surface area is 104 Å². The van der Waals surface area contributed by atoms with Crippen molar-refractivity contribution in [3.05, 3.63) is 47.5 Å². The van der Waals surface area contributed by atoms with Gasteiger partial charge in [-0.1, -0.05) is 0 Å². The first-order chi connectivity index (χ1) is 8.45. The van der Waals surface area contributed by atoms with E-state index in [0.717, 1.165) is 0 Å². The minimum absolute atomic E-state index is 0.0304. The summed E-state index contributed by atoms with van der Waals surface area (Å²) in [6.07, 6.45) is -1.02. The van der Waals surface area contributed by atoms with Gasteiger partial charge in [0.05, 0.1) is 0 Å². The van der Waals surface area contributed by atoms with Crippen LogP contribution in [0.3, 0.4) is 0 Å². The number of nitrogen functional groups attached to an aromatic ring is 2. The van der Waals surface area contributed by atoms with E-state index >= 15 is 0 Å². The standard InChI is InChI=1S/C13H14N2O3/c14-9-1-7(3-11(16)5-9)13(18)8-2-10(15)6-12(17)4-8/h1-6,13,16-18H,14-15H2. The summed E-state index contributed by atoms with van der Waals surface area (Å²) in [6, 6.07) is 8.66. The Morgan fingerprint density at radius 3 is 1.44 bits per heavy atom. The lowest BCUT2D eigenvalue weighted by Crippen LogP contribution is -2.01. The Kier molecular flexibility index (Phi) is 2.99. The van der Waals surface area contributed by atoms with E-state index in [1.807, 2.05) is 0 Å². The molecular weight excluding hydrogens is 232 g/mol. The third-order valence-corrected chi connectivity index (χ3v) is 2.56. The molecule has 0 aliphatic carbocycles. The first-order valence-electron chi connectivity index (χ1n) is 5.32. The highest BCUT2D eigenvalue weighted by molar-refractivity contribution is 5.52. The van der Waals surface area contributed by atoms with E-state index < -0.39 is 6.10 Å². The Balaban J connectivity index is 2.43. The summed E-state index contributed by atoms with van der Waals surface area (Å²) in [5, 5.41) is 29.0. The van der Waals surface area contributed by atoms with Crippen molar-refractivity contribution < 1.29 is 15.3 Å². The summed E-state index contributed by atoms with van der Waals surface area (Å²) in [5.74, 6) is -0.0608. The molecule has 0 saturated carbocycles. The molecule has 5 heteroatoms. The number of hydrogen-bond acceptors (Lipinski definition) is 5. The number of phenolic OH excluding ortho intramolecular Hbond substituents is 2. The van der Waals surface area contributed by atoms with Gasteiger partial charge in [0, 0.05) is 23.5 Å². The lowest BCUT2D eigenvalue weighted by molar-refractivity contribution is 0.219. The van der Waals surface area contributed by atoms with Gasteiger partial charge in [-0.05, 0) is 35.4 Å². The van der Waals surface area contributed by atoms with Gasteiger partial charge in [-0.3, -0.25) is 0 Å². The fraction of sp³-hybridized carbons (Fsp3) is 0.0769. The third-order valence-electron chi connectivity index (χ3n) is 2.56. The molecule has 0 heterocycles. The third kappa shape index (κ3) is 2.46. The van der Waals surface area contributed by atoms with Gasteiger partial charge in [-0.2, -0.15) is 0 Å². The molecule has 2 rings (SSSR count). The Bertz CT molecular complexity index is 492. The maximum atomic E-state index is 10.2. The second-order valence-corrected chi connectivity index (χ2v) is 4.12. The molecule has 18 heavy (non-hydrogen) atoms. The van der Waals surface area contributed by atoms with Crippen molar-refractivity contribution in [1.29, 1.82) is 0 Å². The van der Waals surface area contributed by atoms with Gasteiger partial charge in [0.2, 0.25) is 0 Å². The summed E-state index contributed by atoms with van der Waals surface area (Å²) in [7, 11) is 0. The van der Waals surface area contributed by atoms with Crippen LogP contribution in [0.4, 0.5) is 11.4 Å². The van der Waals surface area contributed by atoms with Crippen molar-refractivity contribution in [2.24, 2.45) is 0 Å². The number of aliphatic hydroxyl groups excluding tert-OH is 1. The van der Waals surface area contributed by atoms with Gasteiger partial charge in [-0.25, -0.2) is 0 Å². The molecule has 0 spiro atoms. The second kappa shape index (κ2) is 4.46. The molecule has 2 aromatic rings. The predicted molar refractivity (Wildman–Crippen MR) is 69.1 cm³/mol. The van der Waals surface area contributed by atoms with Crippen LogP contribution in [0.15, 0.2) is 36.4 Å². The summed E-state index contributed by atoms with van der Waals surface area (Å²) in [6.45, 7) is 0. The van der Waals surface area contributed by atoms with Crippen molar-refractivity contribution in [3.63, 3.8) is 0 Å². The minimum atomic E-state index is -1.02. The predicted octanol–water partition coefficient (Wildman–Crippen LogP) is 1.34. The molecule has 0 aromatic heterocycles. The smallest absolute Gasteiger partial charge is 0.118 e. The molecule has 0 amide bonds. The molecular formula is C13H14N2O3. The van der Waals surface area contributed by atoms with Gasteiger partial charge in [0.15, 0.2) is 0 Å². The summed E-state index contributed by atoms with van der Waals surface area (Å²) >= 11 is 0. The van der Waals surface area contributed by atoms with Gasteiger partial charge < -0.3 is 26.8 Å². The van der Waals surface area contributed by atoms with Crippen LogP contribution in [0.5, 0.6) is 11.5 Å². The van der Waals surface area contributed by atoms with Crippen LogP contribution in [0.2, 0.25) is 0 Å². The number of phenols is 2. The van der Waals surface area contributed by atoms with Crippen LogP contribution in [-0.4, -0.2) is 15.3 Å². The van der Waals surface area contributed by atoms with E-state index in [1.54, 1.807) is 12.1 Å². The Morgan fingerprint density at radius 1 is 0.722 bits per heavy atom. The SMILES string of the molecule is Nc1cc(O)cc(C(O)c2cc(N)cc(O)c2)c1. The quantitative estimate of drug-likeness (QED) is 0.513. The van der Waals surface area contributed by atoms with Crippen molar-refractivity contribution in [1.82, 2.24) is 0 Å². The van der Waals surface area contributed by atoms with Crippen molar-refractivity contribution in [2.75, 3.05) is 11.5 Å². The van der Waals surface area contributed by atoms with Gasteiger partial charge in [0.25, 0.3) is 0 Å². The zero-order valence-electron chi connectivity index (χ0n) is 9.54. The molecule has 0 unspecified atom stereocenters. The maximum absolute atomic E-state index is 10.2. The zero-order valence-corrected chi connectivity index (χ0v) is 9.54. The summed E-state index contributed by atoms with van der Waals surface area (Å²) in [5.41, 5.74) is 12.7. The molecule has 0 radical (unpaired) electrons. The van der Waals surface area contributed by atoms with E-state index in [0.29, 0.717) is 22.5 Å². The number of benzene rings is 2. The van der Waals surface area contributed by atoms with Crippen LogP contribution in [0, 0.1) is 0 Å². The molecule has 94 valence electrons. The number of rotatable bonds is 2. The Hall–Kier alpha value is -2.40. The fourth-order valence-corrected chi connectivity index (χ4v) is 1.83. The highest BCUT2D eigenvalue weighted by Crippen LogP contribution is 2.30. The van der Waals surface area contributed by atoms with E-state index in [-0.39, 0.29) is 11.5 Å². The van der Waals surface area contributed by atoms with Crippen molar-refractivity contribution >= 4 is 11.4 Å². The average molecular weight is 246 g/mol. The van der Waals surface area contributed by atoms with Gasteiger partial charge >= 0.3 is 0 Å². The molecule has 2 aromatic carbocycles. The van der Waals surface area contributed by atoms with Crippen LogP contribution >= 0.6 is 0 Å². The molecule has 0 atom stereocenters. The van der Waals surface area contributed by atoms with E-state index in [1.165, 1.54) is 24.3 Å². The molecule has 0 saturated heterocycles. The maximum Gasteiger partial charge on any atom is 0.118 e. The topological polar surface area (TPSA) is 113 Å². The first kappa shape index (κ1) is 12.1. The monoisotopic (exact) mass is 246 g/mol. The number of aromatic hydroxyl groups is 2. The minimum Gasteiger partial charge on any atom is -0.508 e. The molecule has 5 nitrogen and oxygen atoms in total. The lowest BCUT2D eigenvalue weighted by Gasteiger charge is -2.13. The zero-order chi connectivity index (χ0) is 13.3. The number of hydrogen-bond donors (Lipinski definition) is 5. The normalized spacial score (nSPS) is 10.8. The van der Waals surface area contributed by atoms with Crippen molar-refractivity contribution in [2.45, 2.75) is 6.10 Å². The molecule has 0 bridgehead atoms.